The van der Waals surface area contributed by atoms with Crippen LogP contribution in [0.15, 0.2) is 128 Å². The molecule has 0 saturated carbocycles. The second kappa shape index (κ2) is 9.30. The summed E-state index contributed by atoms with van der Waals surface area (Å²) in [5, 5.41) is 0. The molecule has 5 nitrogen and oxygen atoms in total. The molecule has 3 aromatic heterocycles. The van der Waals surface area contributed by atoms with Crippen LogP contribution in [-0.2, 0) is 0 Å². The van der Waals surface area contributed by atoms with Gasteiger partial charge in [0.1, 0.15) is 16.9 Å². The Balaban J connectivity index is 1.67. The summed E-state index contributed by atoms with van der Waals surface area (Å²) in [4.78, 5) is 24.8. The fraction of sp³-hybridized carbons (Fsp3) is 0. The lowest BCUT2D eigenvalue weighted by atomic mass is 9.90. The average molecular weight is 488 g/mol. The number of benzene rings is 4. The van der Waals surface area contributed by atoms with Crippen molar-refractivity contribution in [2.24, 2.45) is 0 Å². The molecular weight excluding hydrogens is 466 g/mol. The van der Waals surface area contributed by atoms with E-state index in [1.54, 1.807) is 12.4 Å². The number of hydrogen-bond donors (Lipinski definition) is 0. The highest BCUT2D eigenvalue weighted by molar-refractivity contribution is 6.05. The van der Waals surface area contributed by atoms with Gasteiger partial charge in [-0.15, -0.1) is 0 Å². The number of nitrogens with zero attached hydrogens (tertiary/aromatic N) is 5. The zero-order valence-corrected chi connectivity index (χ0v) is 20.4. The Morgan fingerprint density at radius 1 is 0.368 bits per heavy atom. The quantitative estimate of drug-likeness (QED) is 0.255. The molecule has 0 N–H and O–H groups in total. The third-order valence-electron chi connectivity index (χ3n) is 6.59. The summed E-state index contributed by atoms with van der Waals surface area (Å²) in [6.07, 6.45) is 3.40. The highest BCUT2D eigenvalue weighted by atomic mass is 14.9. The van der Waals surface area contributed by atoms with Gasteiger partial charge in [-0.1, -0.05) is 103 Å². The monoisotopic (exact) mass is 487 g/mol. The molecule has 178 valence electrons. The molecule has 0 aliphatic rings. The average Bonchev–Trinajstić information content (AvgIpc) is 3.00. The predicted octanol–water partition coefficient (Wildman–Crippen LogP) is 7.64. The minimum atomic E-state index is 0.565. The lowest BCUT2D eigenvalue weighted by Gasteiger charge is -2.18. The van der Waals surface area contributed by atoms with Crippen LogP contribution in [0.1, 0.15) is 0 Å². The number of pyridine rings is 1. The molecule has 0 aliphatic carbocycles. The van der Waals surface area contributed by atoms with Gasteiger partial charge in [0, 0.05) is 29.1 Å². The zero-order valence-electron chi connectivity index (χ0n) is 20.4. The van der Waals surface area contributed by atoms with Crippen LogP contribution in [0.25, 0.3) is 67.1 Å². The standard InChI is InChI=1S/C33H21N5/c1-4-12-22(13-5-1)27-28(23-14-6-2-7-15-23)31-33(35-21-20-34-31)38-30(27)32-29(24-16-8-3-9-17-24)36-25-18-10-11-19-26(25)37-32/h1-21H. The first-order chi connectivity index (χ1) is 18.9. The van der Waals surface area contributed by atoms with E-state index < -0.39 is 0 Å². The Labute approximate surface area is 219 Å². The summed E-state index contributed by atoms with van der Waals surface area (Å²) >= 11 is 0. The molecule has 0 unspecified atom stereocenters. The molecule has 0 radical (unpaired) electrons. The molecule has 38 heavy (non-hydrogen) atoms. The topological polar surface area (TPSA) is 64.5 Å². The number of fused-ring (bicyclic) bond motifs is 2. The van der Waals surface area contributed by atoms with Gasteiger partial charge in [-0.05, 0) is 23.3 Å². The number of rotatable bonds is 4. The lowest BCUT2D eigenvalue weighted by Crippen LogP contribution is -2.03. The first-order valence-electron chi connectivity index (χ1n) is 12.4. The molecule has 0 fully saturated rings. The van der Waals surface area contributed by atoms with Crippen molar-refractivity contribution in [3.8, 4) is 44.9 Å². The smallest absolute Gasteiger partial charge is 0.179 e. The number of aromatic nitrogens is 5. The maximum atomic E-state index is 5.18. The van der Waals surface area contributed by atoms with Crippen LogP contribution in [0.4, 0.5) is 0 Å². The van der Waals surface area contributed by atoms with Crippen molar-refractivity contribution in [3.63, 3.8) is 0 Å². The fourth-order valence-corrected chi connectivity index (χ4v) is 4.89. The van der Waals surface area contributed by atoms with Gasteiger partial charge in [-0.25, -0.2) is 19.9 Å². The minimum absolute atomic E-state index is 0.565. The SMILES string of the molecule is c1ccc(-c2nc3ccccc3nc2-c2nc3nccnc3c(-c3ccccc3)c2-c2ccccc2)cc1. The van der Waals surface area contributed by atoms with Crippen molar-refractivity contribution in [1.82, 2.24) is 24.9 Å². The molecule has 0 spiro atoms. The summed E-state index contributed by atoms with van der Waals surface area (Å²) in [6, 6.07) is 38.7. The Morgan fingerprint density at radius 3 is 1.50 bits per heavy atom. The Bertz CT molecular complexity index is 1900. The van der Waals surface area contributed by atoms with E-state index in [0.717, 1.165) is 55.8 Å². The normalized spacial score (nSPS) is 11.2. The van der Waals surface area contributed by atoms with Crippen molar-refractivity contribution in [2.45, 2.75) is 0 Å². The number of hydrogen-bond acceptors (Lipinski definition) is 5. The van der Waals surface area contributed by atoms with E-state index >= 15 is 0 Å². The molecule has 0 atom stereocenters. The summed E-state index contributed by atoms with van der Waals surface area (Å²) < 4.78 is 0. The van der Waals surface area contributed by atoms with Crippen molar-refractivity contribution >= 4 is 22.2 Å². The zero-order chi connectivity index (χ0) is 25.3. The van der Waals surface area contributed by atoms with Crippen LogP contribution in [0.5, 0.6) is 0 Å². The van der Waals surface area contributed by atoms with E-state index in [2.05, 4.69) is 41.4 Å². The van der Waals surface area contributed by atoms with Gasteiger partial charge < -0.3 is 0 Å². The summed E-state index contributed by atoms with van der Waals surface area (Å²) in [5.74, 6) is 0. The van der Waals surface area contributed by atoms with Gasteiger partial charge in [0.25, 0.3) is 0 Å². The summed E-state index contributed by atoms with van der Waals surface area (Å²) in [7, 11) is 0. The Kier molecular flexibility index (Phi) is 5.37. The molecule has 3 heterocycles. The van der Waals surface area contributed by atoms with E-state index in [9.17, 15) is 0 Å². The third kappa shape index (κ3) is 3.78. The van der Waals surface area contributed by atoms with Crippen LogP contribution in [-0.4, -0.2) is 24.9 Å². The second-order valence-electron chi connectivity index (χ2n) is 8.95. The van der Waals surface area contributed by atoms with E-state index in [-0.39, 0.29) is 0 Å². The third-order valence-corrected chi connectivity index (χ3v) is 6.59. The van der Waals surface area contributed by atoms with Gasteiger partial charge >= 0.3 is 0 Å². The molecule has 7 rings (SSSR count). The Morgan fingerprint density at radius 2 is 0.868 bits per heavy atom. The van der Waals surface area contributed by atoms with Crippen molar-refractivity contribution in [2.75, 3.05) is 0 Å². The van der Waals surface area contributed by atoms with E-state index in [4.69, 9.17) is 19.9 Å². The van der Waals surface area contributed by atoms with Gasteiger partial charge in [0.05, 0.1) is 16.7 Å². The maximum Gasteiger partial charge on any atom is 0.179 e. The molecule has 0 saturated heterocycles. The lowest BCUT2D eigenvalue weighted by molar-refractivity contribution is 1.20. The van der Waals surface area contributed by atoms with Crippen LogP contribution in [0.2, 0.25) is 0 Å². The van der Waals surface area contributed by atoms with Gasteiger partial charge in [-0.2, -0.15) is 0 Å². The molecular formula is C33H21N5. The first kappa shape index (κ1) is 21.9. The second-order valence-corrected chi connectivity index (χ2v) is 8.95. The van der Waals surface area contributed by atoms with Gasteiger partial charge in [0.15, 0.2) is 5.65 Å². The number of para-hydroxylation sites is 2. The van der Waals surface area contributed by atoms with Crippen LogP contribution < -0.4 is 0 Å². The van der Waals surface area contributed by atoms with Gasteiger partial charge in [-0.3, -0.25) is 4.98 Å². The fourth-order valence-electron chi connectivity index (χ4n) is 4.89. The van der Waals surface area contributed by atoms with E-state index in [1.807, 2.05) is 78.9 Å². The highest BCUT2D eigenvalue weighted by Crippen LogP contribution is 2.43. The van der Waals surface area contributed by atoms with Crippen molar-refractivity contribution in [1.29, 1.82) is 0 Å². The van der Waals surface area contributed by atoms with Crippen LogP contribution >= 0.6 is 0 Å². The molecule has 0 amide bonds. The van der Waals surface area contributed by atoms with Gasteiger partial charge in [0.2, 0.25) is 0 Å². The van der Waals surface area contributed by atoms with E-state index in [0.29, 0.717) is 11.3 Å². The summed E-state index contributed by atoms with van der Waals surface area (Å²) in [6.45, 7) is 0. The molecule has 7 aromatic rings. The van der Waals surface area contributed by atoms with E-state index in [1.165, 1.54) is 0 Å². The molecule has 4 aromatic carbocycles. The minimum Gasteiger partial charge on any atom is -0.251 e. The molecule has 0 bridgehead atoms. The predicted molar refractivity (Wildman–Crippen MR) is 152 cm³/mol. The molecule has 5 heteroatoms. The Hall–Kier alpha value is -5.29. The van der Waals surface area contributed by atoms with Crippen LogP contribution in [0, 0.1) is 0 Å². The largest absolute Gasteiger partial charge is 0.251 e. The van der Waals surface area contributed by atoms with Crippen LogP contribution in [0.3, 0.4) is 0 Å². The van der Waals surface area contributed by atoms with Crippen molar-refractivity contribution < 1.29 is 0 Å². The van der Waals surface area contributed by atoms with Crippen molar-refractivity contribution in [3.05, 3.63) is 128 Å². The highest BCUT2D eigenvalue weighted by Gasteiger charge is 2.24. The summed E-state index contributed by atoms with van der Waals surface area (Å²) in [5.41, 5.74) is 10.1. The maximum absolute atomic E-state index is 5.18. The molecule has 0 aliphatic heterocycles. The first-order valence-corrected chi connectivity index (χ1v) is 12.4.